The molecular weight excluding hydrogens is 505 g/mol. The number of aromatic nitrogens is 2. The summed E-state index contributed by atoms with van der Waals surface area (Å²) in [5, 5.41) is 2.84. The van der Waals surface area contributed by atoms with Crippen LogP contribution < -0.4 is 10.0 Å². The molecule has 0 aliphatic rings. The molecule has 0 fully saturated rings. The van der Waals surface area contributed by atoms with Crippen molar-refractivity contribution in [1.29, 1.82) is 0 Å². The highest BCUT2D eigenvalue weighted by Gasteiger charge is 2.22. The van der Waals surface area contributed by atoms with Gasteiger partial charge in [0, 0.05) is 37.3 Å². The number of aryl methyl sites for hydroxylation is 1. The molecule has 0 saturated heterocycles. The molecule has 2 aromatic carbocycles. The van der Waals surface area contributed by atoms with Gasteiger partial charge in [-0.15, -0.1) is 0 Å². The van der Waals surface area contributed by atoms with Crippen molar-refractivity contribution in [3.05, 3.63) is 114 Å². The van der Waals surface area contributed by atoms with Crippen molar-refractivity contribution < 1.29 is 31.8 Å². The molecule has 6 N–H and O–H groups in total. The van der Waals surface area contributed by atoms with Gasteiger partial charge >= 0.3 is 6.03 Å². The number of hydrogen-bond acceptors (Lipinski definition) is 4. The molecule has 7 nitrogen and oxygen atoms in total. The topological polar surface area (TPSA) is 130 Å². The zero-order valence-electron chi connectivity index (χ0n) is 19.6. The summed E-state index contributed by atoms with van der Waals surface area (Å²) in [5.74, 6) is -1.98. The Hall–Kier alpha value is -3.93. The van der Waals surface area contributed by atoms with E-state index in [2.05, 4.69) is 20.0 Å². The summed E-state index contributed by atoms with van der Waals surface area (Å²) in [6, 6.07) is 14.1. The first kappa shape index (κ1) is 29.3. The lowest BCUT2D eigenvalue weighted by Gasteiger charge is -2.21. The van der Waals surface area contributed by atoms with E-state index < -0.39 is 29.5 Å². The second-order valence-corrected chi connectivity index (χ2v) is 8.65. The summed E-state index contributed by atoms with van der Waals surface area (Å²) in [7, 11) is 0. The summed E-state index contributed by atoms with van der Waals surface area (Å²) < 4.78 is 44.4. The predicted molar refractivity (Wildman–Crippen MR) is 140 cm³/mol. The van der Waals surface area contributed by atoms with Crippen LogP contribution >= 0.6 is 11.9 Å². The van der Waals surface area contributed by atoms with E-state index in [0.29, 0.717) is 22.4 Å². The molecule has 0 bridgehead atoms. The van der Waals surface area contributed by atoms with Crippen molar-refractivity contribution in [2.24, 2.45) is 0 Å². The van der Waals surface area contributed by atoms with Gasteiger partial charge in [-0.2, -0.15) is 0 Å². The van der Waals surface area contributed by atoms with Crippen LogP contribution in [0.25, 0.3) is 11.1 Å². The lowest BCUT2D eigenvalue weighted by Crippen LogP contribution is -2.36. The van der Waals surface area contributed by atoms with Gasteiger partial charge in [0.2, 0.25) is 0 Å². The minimum atomic E-state index is -0.784. The molecule has 11 heteroatoms. The number of pyridine rings is 2. The van der Waals surface area contributed by atoms with E-state index in [9.17, 15) is 18.0 Å². The lowest BCUT2D eigenvalue weighted by molar-refractivity contribution is 0.242. The second kappa shape index (κ2) is 13.4. The monoisotopic (exact) mass is 534 g/mol. The second-order valence-electron chi connectivity index (χ2n) is 7.81. The van der Waals surface area contributed by atoms with E-state index in [1.165, 1.54) is 30.6 Å². The Labute approximate surface area is 218 Å². The third-order valence-electron chi connectivity index (χ3n) is 5.20. The van der Waals surface area contributed by atoms with E-state index in [-0.39, 0.29) is 20.2 Å². The maximum absolute atomic E-state index is 13.9. The number of nitrogens with zero attached hydrogens (tertiary/aromatic N) is 2. The molecule has 4 rings (SSSR count). The van der Waals surface area contributed by atoms with Crippen LogP contribution in [-0.4, -0.2) is 27.0 Å². The summed E-state index contributed by atoms with van der Waals surface area (Å²) in [6.45, 7) is 1.93. The fraction of sp³-hybridized carbons (Fsp3) is 0.115. The quantitative estimate of drug-likeness (QED) is 0.323. The number of hydrogen-bond donors (Lipinski definition) is 2. The van der Waals surface area contributed by atoms with Gasteiger partial charge in [-0.3, -0.25) is 14.7 Å². The standard InChI is InChI=1S/C26H21F3N4OS.2H2O.2H2/c1-16-5-2-3-7-24(16)35-33-26(34)32-23(11-17-9-19(27)13-20(28)10-17)25-22(6-4-8-31-25)18-12-21(29)15-30-14-18;;;;/h2-10,12-15,23H,11H2,1H3,(H2,32,33,34);2*1H2;2*1H/t23-;;;;/m0..../s1. The Morgan fingerprint density at radius 2 is 1.70 bits per heavy atom. The molecule has 37 heavy (non-hydrogen) atoms. The zero-order valence-corrected chi connectivity index (χ0v) is 20.5. The SMILES string of the molecule is Cc1ccccc1SNC(=O)N[C@@H](Cc1cc(F)cc(F)c1)c1ncccc1-c1cncc(F)c1.O.O.[HH].[HH]. The maximum atomic E-state index is 13.9. The average molecular weight is 535 g/mol. The number of urea groups is 1. The number of amides is 2. The lowest BCUT2D eigenvalue weighted by atomic mass is 9.96. The summed E-state index contributed by atoms with van der Waals surface area (Å²) in [4.78, 5) is 22.0. The van der Waals surface area contributed by atoms with Crippen LogP contribution in [0.5, 0.6) is 0 Å². The number of benzene rings is 2. The molecule has 0 saturated carbocycles. The van der Waals surface area contributed by atoms with Crippen LogP contribution in [0.3, 0.4) is 0 Å². The Morgan fingerprint density at radius 1 is 0.973 bits per heavy atom. The highest BCUT2D eigenvalue weighted by molar-refractivity contribution is 7.98. The molecule has 0 radical (unpaired) electrons. The summed E-state index contributed by atoms with van der Waals surface area (Å²) in [6.07, 6.45) is 4.15. The number of halogens is 3. The van der Waals surface area contributed by atoms with Crippen LogP contribution in [0.4, 0.5) is 18.0 Å². The van der Waals surface area contributed by atoms with Crippen molar-refractivity contribution >= 4 is 18.0 Å². The van der Waals surface area contributed by atoms with Crippen molar-refractivity contribution in [3.63, 3.8) is 0 Å². The number of rotatable bonds is 7. The first-order valence-electron chi connectivity index (χ1n) is 10.7. The molecule has 0 spiro atoms. The third-order valence-corrected chi connectivity index (χ3v) is 6.16. The largest absolute Gasteiger partial charge is 0.412 e. The van der Waals surface area contributed by atoms with Gasteiger partial charge in [0.15, 0.2) is 0 Å². The van der Waals surface area contributed by atoms with Crippen LogP contribution in [0, 0.1) is 24.4 Å². The normalized spacial score (nSPS) is 11.0. The maximum Gasteiger partial charge on any atom is 0.325 e. The molecule has 0 aliphatic carbocycles. The van der Waals surface area contributed by atoms with E-state index in [1.54, 1.807) is 12.1 Å². The minimum Gasteiger partial charge on any atom is -0.412 e. The molecule has 2 amide bonds. The number of carbonyl (C=O) groups excluding carboxylic acids is 1. The van der Waals surface area contributed by atoms with Crippen LogP contribution in [0.1, 0.15) is 25.7 Å². The molecule has 2 aromatic heterocycles. The fourth-order valence-corrected chi connectivity index (χ4v) is 4.28. The van der Waals surface area contributed by atoms with E-state index in [4.69, 9.17) is 0 Å². The Kier molecular flexibility index (Phi) is 10.6. The average Bonchev–Trinajstić information content (AvgIpc) is 2.82. The van der Waals surface area contributed by atoms with Gasteiger partial charge in [-0.05, 0) is 66.8 Å². The van der Waals surface area contributed by atoms with Crippen LogP contribution in [0.2, 0.25) is 0 Å². The molecule has 4 aromatic rings. The van der Waals surface area contributed by atoms with Crippen molar-refractivity contribution in [2.45, 2.75) is 24.3 Å². The number of carbonyl (C=O) groups is 1. The third kappa shape index (κ3) is 7.78. The Morgan fingerprint density at radius 3 is 2.41 bits per heavy atom. The first-order valence-corrected chi connectivity index (χ1v) is 11.5. The highest BCUT2D eigenvalue weighted by atomic mass is 32.2. The molecule has 198 valence electrons. The van der Waals surface area contributed by atoms with E-state index in [0.717, 1.165) is 34.7 Å². The molecule has 1 atom stereocenters. The van der Waals surface area contributed by atoms with Crippen molar-refractivity contribution in [2.75, 3.05) is 0 Å². The van der Waals surface area contributed by atoms with Gasteiger partial charge in [0.1, 0.15) is 17.5 Å². The Balaban J connectivity index is 0.00000361. The molecule has 2 heterocycles. The van der Waals surface area contributed by atoms with Gasteiger partial charge in [0.05, 0.1) is 17.9 Å². The van der Waals surface area contributed by atoms with Gasteiger partial charge < -0.3 is 16.3 Å². The summed E-state index contributed by atoms with van der Waals surface area (Å²) >= 11 is 1.14. The van der Waals surface area contributed by atoms with Gasteiger partial charge in [-0.25, -0.2) is 18.0 Å². The minimum absolute atomic E-state index is 0. The molecule has 0 unspecified atom stereocenters. The summed E-state index contributed by atoms with van der Waals surface area (Å²) in [5.41, 5.74) is 2.72. The van der Waals surface area contributed by atoms with Crippen LogP contribution in [0.15, 0.2) is 84.1 Å². The Bertz CT molecular complexity index is 1350. The van der Waals surface area contributed by atoms with E-state index >= 15 is 0 Å². The van der Waals surface area contributed by atoms with Gasteiger partial charge in [-0.1, -0.05) is 24.3 Å². The smallest absolute Gasteiger partial charge is 0.325 e. The van der Waals surface area contributed by atoms with Crippen molar-refractivity contribution in [3.8, 4) is 11.1 Å². The highest BCUT2D eigenvalue weighted by Crippen LogP contribution is 2.29. The zero-order chi connectivity index (χ0) is 24.8. The van der Waals surface area contributed by atoms with Crippen LogP contribution in [-0.2, 0) is 6.42 Å². The van der Waals surface area contributed by atoms with Gasteiger partial charge in [0.25, 0.3) is 0 Å². The fourth-order valence-electron chi connectivity index (χ4n) is 3.64. The molecular formula is C26H29F3N4O3S. The number of nitrogens with one attached hydrogen (secondary N) is 2. The first-order chi connectivity index (χ1) is 16.9. The predicted octanol–water partition coefficient (Wildman–Crippen LogP) is 5.00. The molecule has 0 aliphatic heterocycles. The van der Waals surface area contributed by atoms with E-state index in [1.807, 2.05) is 31.2 Å². The van der Waals surface area contributed by atoms with Crippen molar-refractivity contribution in [1.82, 2.24) is 20.0 Å².